The minimum atomic E-state index is -4.66. The van der Waals surface area contributed by atoms with Gasteiger partial charge in [-0.1, -0.05) is 35.4 Å². The normalized spacial score (nSPS) is 12.8. The third-order valence-corrected chi connectivity index (χ3v) is 3.62. The van der Waals surface area contributed by atoms with Crippen LogP contribution in [0.25, 0.3) is 11.1 Å². The van der Waals surface area contributed by atoms with E-state index in [0.29, 0.717) is 17.0 Å². The first-order valence-corrected chi connectivity index (χ1v) is 7.46. The molecule has 0 aliphatic heterocycles. The van der Waals surface area contributed by atoms with Crippen LogP contribution in [0.2, 0.25) is 0 Å². The number of alkyl halides is 3. The fourth-order valence-corrected chi connectivity index (χ4v) is 2.59. The SMILES string of the molecule is COc1cccc(NCC(O)C(F)(F)F)c1-c1cc(C)cc(C)c1. The fourth-order valence-electron chi connectivity index (χ4n) is 2.59. The maximum absolute atomic E-state index is 12.5. The number of aliphatic hydroxyl groups excluding tert-OH is 1. The third-order valence-electron chi connectivity index (χ3n) is 3.62. The molecule has 0 bridgehead atoms. The number of aliphatic hydroxyl groups is 1. The van der Waals surface area contributed by atoms with E-state index in [1.54, 1.807) is 18.2 Å². The maximum Gasteiger partial charge on any atom is 0.416 e. The number of rotatable bonds is 5. The number of hydrogen-bond acceptors (Lipinski definition) is 3. The Bertz CT molecular complexity index is 694. The molecule has 1 unspecified atom stereocenters. The largest absolute Gasteiger partial charge is 0.496 e. The second-order valence-electron chi connectivity index (χ2n) is 5.70. The second kappa shape index (κ2) is 7.13. The lowest BCUT2D eigenvalue weighted by Gasteiger charge is -2.19. The van der Waals surface area contributed by atoms with Gasteiger partial charge in [0.05, 0.1) is 7.11 Å². The van der Waals surface area contributed by atoms with Gasteiger partial charge in [-0.3, -0.25) is 0 Å². The lowest BCUT2D eigenvalue weighted by atomic mass is 9.98. The zero-order valence-electron chi connectivity index (χ0n) is 13.7. The molecule has 2 aromatic carbocycles. The Balaban J connectivity index is 2.42. The Morgan fingerprint density at radius 1 is 1.12 bits per heavy atom. The molecule has 2 N–H and O–H groups in total. The summed E-state index contributed by atoms with van der Waals surface area (Å²) in [5.74, 6) is 0.548. The molecule has 0 saturated heterocycles. The van der Waals surface area contributed by atoms with Crippen molar-refractivity contribution < 1.29 is 23.0 Å². The second-order valence-corrected chi connectivity index (χ2v) is 5.70. The molecule has 24 heavy (non-hydrogen) atoms. The number of hydrogen-bond donors (Lipinski definition) is 2. The van der Waals surface area contributed by atoms with Crippen LogP contribution in [0.4, 0.5) is 18.9 Å². The molecule has 0 aromatic heterocycles. The maximum atomic E-state index is 12.5. The zero-order valence-corrected chi connectivity index (χ0v) is 13.7. The Morgan fingerprint density at radius 2 is 1.75 bits per heavy atom. The van der Waals surface area contributed by atoms with Crippen molar-refractivity contribution in [2.45, 2.75) is 26.1 Å². The number of ether oxygens (including phenoxy) is 1. The Kier molecular flexibility index (Phi) is 5.39. The first-order valence-electron chi connectivity index (χ1n) is 7.46. The molecule has 130 valence electrons. The number of aryl methyl sites for hydroxylation is 2. The molecule has 2 rings (SSSR count). The number of halogens is 3. The average molecular weight is 339 g/mol. The van der Waals surface area contributed by atoms with Crippen LogP contribution in [0.1, 0.15) is 11.1 Å². The number of methoxy groups -OCH3 is 1. The van der Waals surface area contributed by atoms with Crippen LogP contribution in [0.5, 0.6) is 5.75 Å². The number of anilines is 1. The van der Waals surface area contributed by atoms with Crippen molar-refractivity contribution in [2.24, 2.45) is 0 Å². The van der Waals surface area contributed by atoms with E-state index in [1.165, 1.54) is 7.11 Å². The summed E-state index contributed by atoms with van der Waals surface area (Å²) in [5, 5.41) is 11.9. The van der Waals surface area contributed by atoms with Gasteiger partial charge in [-0.05, 0) is 31.5 Å². The van der Waals surface area contributed by atoms with E-state index in [1.807, 2.05) is 32.0 Å². The Morgan fingerprint density at radius 3 is 2.29 bits per heavy atom. The first-order chi connectivity index (χ1) is 11.2. The van der Waals surface area contributed by atoms with Crippen LogP contribution in [0, 0.1) is 13.8 Å². The summed E-state index contributed by atoms with van der Waals surface area (Å²) in [6.07, 6.45) is -7.10. The molecule has 0 amide bonds. The molecule has 0 fully saturated rings. The molecule has 0 aliphatic rings. The molecule has 0 aliphatic carbocycles. The van der Waals surface area contributed by atoms with Gasteiger partial charge in [0.25, 0.3) is 0 Å². The molecule has 0 radical (unpaired) electrons. The summed E-state index contributed by atoms with van der Waals surface area (Å²) in [6, 6.07) is 11.0. The number of benzene rings is 2. The van der Waals surface area contributed by atoms with Gasteiger partial charge in [-0.25, -0.2) is 0 Å². The lowest BCUT2D eigenvalue weighted by molar-refractivity contribution is -0.198. The summed E-state index contributed by atoms with van der Waals surface area (Å²) in [6.45, 7) is 3.27. The molecule has 0 spiro atoms. The topological polar surface area (TPSA) is 41.5 Å². The monoisotopic (exact) mass is 339 g/mol. The molecule has 1 atom stereocenters. The van der Waals surface area contributed by atoms with Crippen molar-refractivity contribution in [3.8, 4) is 16.9 Å². The highest BCUT2D eigenvalue weighted by Crippen LogP contribution is 2.37. The lowest BCUT2D eigenvalue weighted by Crippen LogP contribution is -2.35. The highest BCUT2D eigenvalue weighted by molar-refractivity contribution is 5.84. The Labute approximate surface area is 139 Å². The average Bonchev–Trinajstić information content (AvgIpc) is 2.50. The quantitative estimate of drug-likeness (QED) is 0.853. The summed E-state index contributed by atoms with van der Waals surface area (Å²) in [7, 11) is 1.51. The van der Waals surface area contributed by atoms with Crippen molar-refractivity contribution in [3.05, 3.63) is 47.5 Å². The summed E-state index contributed by atoms with van der Waals surface area (Å²) in [5.41, 5.74) is 4.06. The third kappa shape index (κ3) is 4.20. The predicted molar refractivity (Wildman–Crippen MR) is 88.5 cm³/mol. The van der Waals surface area contributed by atoms with Gasteiger partial charge >= 0.3 is 6.18 Å². The van der Waals surface area contributed by atoms with Gasteiger partial charge in [-0.2, -0.15) is 13.2 Å². The van der Waals surface area contributed by atoms with E-state index in [-0.39, 0.29) is 0 Å². The van der Waals surface area contributed by atoms with Gasteiger partial charge in [-0.15, -0.1) is 0 Å². The molecular weight excluding hydrogens is 319 g/mol. The van der Waals surface area contributed by atoms with Gasteiger partial charge in [0.15, 0.2) is 6.10 Å². The van der Waals surface area contributed by atoms with Crippen molar-refractivity contribution in [3.63, 3.8) is 0 Å². The fraction of sp³-hybridized carbons (Fsp3) is 0.333. The Hall–Kier alpha value is -2.21. The van der Waals surface area contributed by atoms with E-state index >= 15 is 0 Å². The summed E-state index contributed by atoms with van der Waals surface area (Å²) < 4.78 is 42.9. The molecule has 0 heterocycles. The van der Waals surface area contributed by atoms with Crippen molar-refractivity contribution in [1.82, 2.24) is 0 Å². The summed E-state index contributed by atoms with van der Waals surface area (Å²) >= 11 is 0. The van der Waals surface area contributed by atoms with E-state index < -0.39 is 18.8 Å². The van der Waals surface area contributed by atoms with Gasteiger partial charge in [0.2, 0.25) is 0 Å². The van der Waals surface area contributed by atoms with E-state index in [0.717, 1.165) is 16.7 Å². The standard InChI is InChI=1S/C18H20F3NO2/c1-11-7-12(2)9-13(8-11)17-14(5-4-6-15(17)24-3)22-10-16(23)18(19,20)21/h4-9,16,22-23H,10H2,1-3H3. The minimum Gasteiger partial charge on any atom is -0.496 e. The molecule has 6 heteroatoms. The van der Waals surface area contributed by atoms with Crippen LogP contribution < -0.4 is 10.1 Å². The van der Waals surface area contributed by atoms with Crippen molar-refractivity contribution >= 4 is 5.69 Å². The van der Waals surface area contributed by atoms with Crippen LogP contribution >= 0.6 is 0 Å². The molecule has 0 saturated carbocycles. The van der Waals surface area contributed by atoms with E-state index in [9.17, 15) is 18.3 Å². The zero-order chi connectivity index (χ0) is 17.9. The van der Waals surface area contributed by atoms with Gasteiger partial charge in [0.1, 0.15) is 5.75 Å². The highest BCUT2D eigenvalue weighted by atomic mass is 19.4. The first kappa shape index (κ1) is 18.1. The van der Waals surface area contributed by atoms with Crippen molar-refractivity contribution in [2.75, 3.05) is 19.0 Å². The minimum absolute atomic E-state index is 0.475. The smallest absolute Gasteiger partial charge is 0.416 e. The van der Waals surface area contributed by atoms with Gasteiger partial charge in [0, 0.05) is 17.8 Å². The van der Waals surface area contributed by atoms with Crippen LogP contribution in [0.3, 0.4) is 0 Å². The predicted octanol–water partition coefficient (Wildman–Crippen LogP) is 4.31. The summed E-state index contributed by atoms with van der Waals surface area (Å²) in [4.78, 5) is 0. The van der Waals surface area contributed by atoms with E-state index in [4.69, 9.17) is 4.74 Å². The highest BCUT2D eigenvalue weighted by Gasteiger charge is 2.38. The number of nitrogens with one attached hydrogen (secondary N) is 1. The van der Waals surface area contributed by atoms with E-state index in [2.05, 4.69) is 5.32 Å². The van der Waals surface area contributed by atoms with Gasteiger partial charge < -0.3 is 15.2 Å². The molecule has 2 aromatic rings. The van der Waals surface area contributed by atoms with Crippen LogP contribution in [-0.2, 0) is 0 Å². The van der Waals surface area contributed by atoms with Crippen molar-refractivity contribution in [1.29, 1.82) is 0 Å². The van der Waals surface area contributed by atoms with Crippen LogP contribution in [-0.4, -0.2) is 31.0 Å². The van der Waals surface area contributed by atoms with Crippen LogP contribution in [0.15, 0.2) is 36.4 Å². The molecule has 3 nitrogen and oxygen atoms in total. The molecular formula is C18H20F3NO2.